The number of carbonyl (C=O) groups is 1. The first-order valence-corrected chi connectivity index (χ1v) is 6.21. The summed E-state index contributed by atoms with van der Waals surface area (Å²) in [6.45, 7) is 1.88. The summed E-state index contributed by atoms with van der Waals surface area (Å²) in [5.74, 6) is -0.783. The quantitative estimate of drug-likeness (QED) is 0.933. The van der Waals surface area contributed by atoms with Crippen LogP contribution in [0, 0.1) is 5.82 Å². The third-order valence-electron chi connectivity index (χ3n) is 2.68. The fourth-order valence-electron chi connectivity index (χ4n) is 1.79. The van der Waals surface area contributed by atoms with Crippen molar-refractivity contribution in [1.82, 2.24) is 5.32 Å². The van der Waals surface area contributed by atoms with Gasteiger partial charge in [-0.1, -0.05) is 11.6 Å². The van der Waals surface area contributed by atoms with E-state index in [1.54, 1.807) is 12.5 Å². The maximum atomic E-state index is 12.9. The molecule has 1 aromatic heterocycles. The number of hydrogen-bond donors (Lipinski definition) is 1. The largest absolute Gasteiger partial charge is 0.472 e. The molecular formula is C14H13ClFNO2. The van der Waals surface area contributed by atoms with Crippen LogP contribution in [0.5, 0.6) is 0 Å². The molecule has 2 rings (SSSR count). The Morgan fingerprint density at radius 1 is 1.47 bits per heavy atom. The molecule has 2 aromatic rings. The number of hydrogen-bond acceptors (Lipinski definition) is 2. The molecule has 0 saturated carbocycles. The number of carbonyl (C=O) groups excluding carboxylic acids is 1. The van der Waals surface area contributed by atoms with E-state index in [-0.39, 0.29) is 22.5 Å². The molecule has 0 saturated heterocycles. The summed E-state index contributed by atoms with van der Waals surface area (Å²) in [5.41, 5.74) is 1.26. The van der Waals surface area contributed by atoms with Crippen LogP contribution in [0.25, 0.3) is 0 Å². The van der Waals surface area contributed by atoms with Gasteiger partial charge in [0.25, 0.3) is 5.91 Å². The van der Waals surface area contributed by atoms with Crippen molar-refractivity contribution in [1.29, 1.82) is 0 Å². The molecule has 0 bridgehead atoms. The van der Waals surface area contributed by atoms with Gasteiger partial charge in [-0.3, -0.25) is 4.79 Å². The normalized spacial score (nSPS) is 12.2. The van der Waals surface area contributed by atoms with Crippen LogP contribution in [0.3, 0.4) is 0 Å². The first-order chi connectivity index (χ1) is 9.06. The lowest BCUT2D eigenvalue weighted by molar-refractivity contribution is 0.0940. The van der Waals surface area contributed by atoms with Crippen molar-refractivity contribution >= 4 is 17.5 Å². The average Bonchev–Trinajstić information content (AvgIpc) is 2.81. The van der Waals surface area contributed by atoms with Gasteiger partial charge in [-0.05, 0) is 43.2 Å². The first-order valence-electron chi connectivity index (χ1n) is 5.83. The van der Waals surface area contributed by atoms with Gasteiger partial charge in [0.1, 0.15) is 5.82 Å². The standard InChI is InChI=1S/C14H13ClFNO2/c1-9(6-10-4-5-19-8-10)17-14(18)12-3-2-11(16)7-13(12)15/h2-5,7-9H,6H2,1H3,(H,17,18). The highest BCUT2D eigenvalue weighted by molar-refractivity contribution is 6.33. The van der Waals surface area contributed by atoms with Crippen molar-refractivity contribution in [3.8, 4) is 0 Å². The van der Waals surface area contributed by atoms with Crippen LogP contribution in [0.4, 0.5) is 4.39 Å². The summed E-state index contributed by atoms with van der Waals surface area (Å²) >= 11 is 5.83. The summed E-state index contributed by atoms with van der Waals surface area (Å²) in [7, 11) is 0. The smallest absolute Gasteiger partial charge is 0.253 e. The van der Waals surface area contributed by atoms with Crippen molar-refractivity contribution in [2.75, 3.05) is 0 Å². The minimum Gasteiger partial charge on any atom is -0.472 e. The summed E-state index contributed by atoms with van der Waals surface area (Å²) in [5, 5.41) is 2.91. The van der Waals surface area contributed by atoms with Crippen molar-refractivity contribution in [3.05, 3.63) is 58.8 Å². The molecule has 1 heterocycles. The highest BCUT2D eigenvalue weighted by Gasteiger charge is 2.14. The minimum absolute atomic E-state index is 0.0776. The zero-order chi connectivity index (χ0) is 13.8. The molecule has 19 heavy (non-hydrogen) atoms. The Kier molecular flexibility index (Phi) is 4.22. The Bertz CT molecular complexity index is 569. The highest BCUT2D eigenvalue weighted by Crippen LogP contribution is 2.17. The number of amides is 1. The lowest BCUT2D eigenvalue weighted by Crippen LogP contribution is -2.34. The molecule has 0 fully saturated rings. The van der Waals surface area contributed by atoms with Gasteiger partial charge < -0.3 is 9.73 Å². The van der Waals surface area contributed by atoms with Crippen molar-refractivity contribution in [2.45, 2.75) is 19.4 Å². The second-order valence-electron chi connectivity index (χ2n) is 4.33. The number of nitrogens with one attached hydrogen (secondary N) is 1. The zero-order valence-electron chi connectivity index (χ0n) is 10.3. The molecule has 1 amide bonds. The van der Waals surface area contributed by atoms with E-state index in [9.17, 15) is 9.18 Å². The van der Waals surface area contributed by atoms with Crippen LogP contribution in [0.15, 0.2) is 41.2 Å². The number of halogens is 2. The van der Waals surface area contributed by atoms with E-state index in [0.29, 0.717) is 6.42 Å². The van der Waals surface area contributed by atoms with Crippen LogP contribution >= 0.6 is 11.6 Å². The van der Waals surface area contributed by atoms with Crippen LogP contribution in [0.2, 0.25) is 5.02 Å². The molecule has 0 spiro atoms. The van der Waals surface area contributed by atoms with Crippen molar-refractivity contribution < 1.29 is 13.6 Å². The molecule has 1 unspecified atom stereocenters. The van der Waals surface area contributed by atoms with Crippen LogP contribution in [-0.2, 0) is 6.42 Å². The van der Waals surface area contributed by atoms with Gasteiger partial charge in [0.2, 0.25) is 0 Å². The molecule has 1 atom stereocenters. The molecule has 0 aliphatic heterocycles. The van der Waals surface area contributed by atoms with Crippen molar-refractivity contribution in [2.24, 2.45) is 0 Å². The number of benzene rings is 1. The van der Waals surface area contributed by atoms with E-state index in [0.717, 1.165) is 11.6 Å². The molecular weight excluding hydrogens is 269 g/mol. The van der Waals surface area contributed by atoms with Gasteiger partial charge in [-0.2, -0.15) is 0 Å². The van der Waals surface area contributed by atoms with E-state index < -0.39 is 5.82 Å². The van der Waals surface area contributed by atoms with Crippen LogP contribution in [-0.4, -0.2) is 11.9 Å². The van der Waals surface area contributed by atoms with Crippen LogP contribution in [0.1, 0.15) is 22.8 Å². The summed E-state index contributed by atoms with van der Waals surface area (Å²) in [6.07, 6.45) is 3.87. The molecule has 1 aromatic carbocycles. The fourth-order valence-corrected chi connectivity index (χ4v) is 2.04. The van der Waals surface area contributed by atoms with Gasteiger partial charge in [0.05, 0.1) is 23.1 Å². The van der Waals surface area contributed by atoms with Gasteiger partial charge >= 0.3 is 0 Å². The van der Waals surface area contributed by atoms with E-state index in [1.807, 2.05) is 13.0 Å². The van der Waals surface area contributed by atoms with Gasteiger partial charge in [0, 0.05) is 6.04 Å². The molecule has 100 valence electrons. The lowest BCUT2D eigenvalue weighted by atomic mass is 10.1. The van der Waals surface area contributed by atoms with E-state index >= 15 is 0 Å². The summed E-state index contributed by atoms with van der Waals surface area (Å²) < 4.78 is 17.9. The molecule has 3 nitrogen and oxygen atoms in total. The predicted octanol–water partition coefficient (Wildman–Crippen LogP) is 3.43. The second-order valence-corrected chi connectivity index (χ2v) is 4.74. The van der Waals surface area contributed by atoms with Gasteiger partial charge in [-0.15, -0.1) is 0 Å². The van der Waals surface area contributed by atoms with Crippen LogP contribution < -0.4 is 5.32 Å². The Morgan fingerprint density at radius 2 is 2.26 bits per heavy atom. The van der Waals surface area contributed by atoms with E-state index in [2.05, 4.69) is 5.32 Å². The average molecular weight is 282 g/mol. The van der Waals surface area contributed by atoms with Gasteiger partial charge in [-0.25, -0.2) is 4.39 Å². The monoisotopic (exact) mass is 281 g/mol. The summed E-state index contributed by atoms with van der Waals surface area (Å²) in [6, 6.07) is 5.47. The Balaban J connectivity index is 2.00. The predicted molar refractivity (Wildman–Crippen MR) is 70.8 cm³/mol. The molecule has 0 aliphatic rings. The Labute approximate surface area is 115 Å². The topological polar surface area (TPSA) is 42.2 Å². The Morgan fingerprint density at radius 3 is 2.89 bits per heavy atom. The molecule has 1 N–H and O–H groups in total. The Hall–Kier alpha value is -1.81. The zero-order valence-corrected chi connectivity index (χ0v) is 11.1. The lowest BCUT2D eigenvalue weighted by Gasteiger charge is -2.13. The van der Waals surface area contributed by atoms with E-state index in [1.165, 1.54) is 12.1 Å². The third-order valence-corrected chi connectivity index (χ3v) is 2.99. The number of furan rings is 1. The van der Waals surface area contributed by atoms with Crippen molar-refractivity contribution in [3.63, 3.8) is 0 Å². The maximum absolute atomic E-state index is 12.9. The highest BCUT2D eigenvalue weighted by atomic mass is 35.5. The maximum Gasteiger partial charge on any atom is 0.253 e. The summed E-state index contributed by atoms with van der Waals surface area (Å²) in [4.78, 5) is 12.0. The molecule has 0 radical (unpaired) electrons. The minimum atomic E-state index is -0.465. The first kappa shape index (κ1) is 13.6. The van der Waals surface area contributed by atoms with Gasteiger partial charge in [0.15, 0.2) is 0 Å². The number of rotatable bonds is 4. The second kappa shape index (κ2) is 5.89. The fraction of sp³-hybridized carbons (Fsp3) is 0.214. The SMILES string of the molecule is CC(Cc1ccoc1)NC(=O)c1ccc(F)cc1Cl. The molecule has 5 heteroatoms. The molecule has 0 aliphatic carbocycles. The van der Waals surface area contributed by atoms with E-state index in [4.69, 9.17) is 16.0 Å². The third kappa shape index (κ3) is 3.58.